The first-order valence-electron chi connectivity index (χ1n) is 6.85. The van der Waals surface area contributed by atoms with Crippen LogP contribution in [-0.4, -0.2) is 22.3 Å². The van der Waals surface area contributed by atoms with E-state index in [0.29, 0.717) is 6.42 Å². The van der Waals surface area contributed by atoms with Crippen molar-refractivity contribution in [2.24, 2.45) is 5.41 Å². The molecule has 0 saturated carbocycles. The van der Waals surface area contributed by atoms with Crippen LogP contribution in [0.3, 0.4) is 0 Å². The Hall–Kier alpha value is -0.740. The maximum absolute atomic E-state index is 12.7. The van der Waals surface area contributed by atoms with Gasteiger partial charge in [-0.2, -0.15) is 0 Å². The lowest BCUT2D eigenvalue weighted by Gasteiger charge is -2.32. The van der Waals surface area contributed by atoms with E-state index in [4.69, 9.17) is 0 Å². The lowest BCUT2D eigenvalue weighted by Crippen LogP contribution is -2.52. The summed E-state index contributed by atoms with van der Waals surface area (Å²) in [5.74, 6) is 0.276. The van der Waals surface area contributed by atoms with Crippen LogP contribution in [0.25, 0.3) is 0 Å². The first-order valence-corrected chi connectivity index (χ1v) is 7.79. The highest BCUT2D eigenvalue weighted by Crippen LogP contribution is 2.25. The molecule has 0 spiro atoms. The Morgan fingerprint density at radius 3 is 2.42 bits per heavy atom. The number of carbonyl (C=O) groups is 1. The van der Waals surface area contributed by atoms with Crippen molar-refractivity contribution in [2.75, 3.05) is 0 Å². The van der Waals surface area contributed by atoms with Crippen molar-refractivity contribution in [3.63, 3.8) is 0 Å². The fourth-order valence-corrected chi connectivity index (χ4v) is 2.50. The predicted molar refractivity (Wildman–Crippen MR) is 81.6 cm³/mol. The molecule has 0 aromatic carbocycles. The number of aromatic nitrogens is 1. The van der Waals surface area contributed by atoms with Crippen molar-refractivity contribution in [3.8, 4) is 0 Å². The van der Waals surface area contributed by atoms with Gasteiger partial charge in [-0.05, 0) is 27.2 Å². The molecule has 0 fully saturated rings. The molecule has 1 N–H and O–H groups in total. The van der Waals surface area contributed by atoms with Crippen molar-refractivity contribution in [1.82, 2.24) is 10.3 Å². The van der Waals surface area contributed by atoms with Gasteiger partial charge in [0.25, 0.3) is 0 Å². The van der Waals surface area contributed by atoms with Crippen molar-refractivity contribution in [2.45, 2.75) is 66.0 Å². The Balaban J connectivity index is 2.89. The minimum Gasteiger partial charge on any atom is -0.302 e. The van der Waals surface area contributed by atoms with Gasteiger partial charge >= 0.3 is 0 Å². The number of thiazole rings is 1. The summed E-state index contributed by atoms with van der Waals surface area (Å²) in [6, 6.07) is -0.169. The average molecular weight is 282 g/mol. The first-order chi connectivity index (χ1) is 8.65. The van der Waals surface area contributed by atoms with Crippen molar-refractivity contribution in [1.29, 1.82) is 0 Å². The van der Waals surface area contributed by atoms with Gasteiger partial charge in [0.1, 0.15) is 0 Å². The monoisotopic (exact) mass is 282 g/mol. The molecule has 0 aliphatic carbocycles. The van der Waals surface area contributed by atoms with Crippen LogP contribution in [0.4, 0.5) is 0 Å². The lowest BCUT2D eigenvalue weighted by atomic mass is 9.80. The van der Waals surface area contributed by atoms with Crippen molar-refractivity contribution in [3.05, 3.63) is 16.6 Å². The van der Waals surface area contributed by atoms with E-state index in [1.807, 2.05) is 24.7 Å². The largest absolute Gasteiger partial charge is 0.302 e. The molecule has 0 amide bonds. The molecule has 4 heteroatoms. The van der Waals surface area contributed by atoms with Crippen LogP contribution in [0.15, 0.2) is 10.9 Å². The van der Waals surface area contributed by atoms with Crippen molar-refractivity contribution < 1.29 is 4.79 Å². The molecule has 108 valence electrons. The van der Waals surface area contributed by atoms with E-state index < -0.39 is 0 Å². The third-order valence-corrected chi connectivity index (χ3v) is 4.01. The fraction of sp³-hybridized carbons (Fsp3) is 0.733. The molecule has 0 unspecified atom stereocenters. The fourth-order valence-electron chi connectivity index (χ4n) is 1.93. The van der Waals surface area contributed by atoms with Gasteiger partial charge in [-0.25, -0.2) is 4.98 Å². The van der Waals surface area contributed by atoms with Gasteiger partial charge in [0.2, 0.25) is 0 Å². The standard InChI is InChI=1S/C15H26N2OS/c1-7-15(5,6)13(18)12(17-14(2,3)4)8-11-9-19-10-16-11/h9-10,12,17H,7-8H2,1-6H3/t12-/m0/s1. The first kappa shape index (κ1) is 16.3. The summed E-state index contributed by atoms with van der Waals surface area (Å²) in [5, 5.41) is 5.47. The summed E-state index contributed by atoms with van der Waals surface area (Å²) in [6.07, 6.45) is 1.52. The van der Waals surface area contributed by atoms with E-state index in [-0.39, 0.29) is 22.8 Å². The molecule has 0 aliphatic rings. The molecule has 0 bridgehead atoms. The molecule has 0 radical (unpaired) electrons. The Kier molecular flexibility index (Phi) is 5.27. The predicted octanol–water partition coefficient (Wildman–Crippen LogP) is 3.45. The summed E-state index contributed by atoms with van der Waals surface area (Å²) in [5.41, 5.74) is 2.44. The summed E-state index contributed by atoms with van der Waals surface area (Å²) in [4.78, 5) is 17.0. The third kappa shape index (κ3) is 5.03. The molecule has 19 heavy (non-hydrogen) atoms. The molecule has 0 aliphatic heterocycles. The summed E-state index contributed by atoms with van der Waals surface area (Å²) >= 11 is 1.57. The summed E-state index contributed by atoms with van der Waals surface area (Å²) in [7, 11) is 0. The van der Waals surface area contributed by atoms with E-state index >= 15 is 0 Å². The summed E-state index contributed by atoms with van der Waals surface area (Å²) < 4.78 is 0. The number of Topliss-reactive ketones (excluding diaryl/α,β-unsaturated/α-hetero) is 1. The van der Waals surface area contributed by atoms with E-state index in [1.54, 1.807) is 11.3 Å². The Labute approximate surface area is 120 Å². The Morgan fingerprint density at radius 2 is 2.00 bits per heavy atom. The van der Waals surface area contributed by atoms with Gasteiger partial charge < -0.3 is 5.32 Å². The quantitative estimate of drug-likeness (QED) is 0.869. The molecule has 1 aromatic rings. The molecule has 3 nitrogen and oxygen atoms in total. The molecule has 0 saturated heterocycles. The third-order valence-electron chi connectivity index (χ3n) is 3.37. The number of ketones is 1. The highest BCUT2D eigenvalue weighted by atomic mass is 32.1. The zero-order valence-electron chi connectivity index (χ0n) is 12.9. The minimum atomic E-state index is -0.293. The van der Waals surface area contributed by atoms with Gasteiger partial charge in [-0.1, -0.05) is 20.8 Å². The number of nitrogens with one attached hydrogen (secondary N) is 1. The van der Waals surface area contributed by atoms with Gasteiger partial charge in [0.15, 0.2) is 5.78 Å². The van der Waals surface area contributed by atoms with Crippen LogP contribution in [0.2, 0.25) is 0 Å². The van der Waals surface area contributed by atoms with Gasteiger partial charge in [-0.15, -0.1) is 11.3 Å². The van der Waals surface area contributed by atoms with Crippen LogP contribution in [0.5, 0.6) is 0 Å². The van der Waals surface area contributed by atoms with E-state index in [2.05, 4.69) is 38.0 Å². The van der Waals surface area contributed by atoms with Crippen LogP contribution >= 0.6 is 11.3 Å². The normalized spacial score (nSPS) is 14.4. The Morgan fingerprint density at radius 1 is 1.37 bits per heavy atom. The van der Waals surface area contributed by atoms with Crippen LogP contribution in [-0.2, 0) is 11.2 Å². The second-order valence-corrected chi connectivity index (χ2v) is 7.45. The lowest BCUT2D eigenvalue weighted by molar-refractivity contribution is -0.129. The zero-order valence-corrected chi connectivity index (χ0v) is 13.7. The van der Waals surface area contributed by atoms with Crippen LogP contribution in [0.1, 0.15) is 53.7 Å². The highest BCUT2D eigenvalue weighted by Gasteiger charge is 2.34. The minimum absolute atomic E-state index is 0.0832. The average Bonchev–Trinajstić information content (AvgIpc) is 2.78. The Bertz CT molecular complexity index is 404. The molecular weight excluding hydrogens is 256 g/mol. The topological polar surface area (TPSA) is 42.0 Å². The van der Waals surface area contributed by atoms with E-state index in [9.17, 15) is 4.79 Å². The van der Waals surface area contributed by atoms with E-state index in [1.165, 1.54) is 0 Å². The number of hydrogen-bond donors (Lipinski definition) is 1. The van der Waals surface area contributed by atoms with Gasteiger partial charge in [0, 0.05) is 22.8 Å². The molecule has 1 aromatic heterocycles. The zero-order chi connectivity index (χ0) is 14.7. The SMILES string of the molecule is CCC(C)(C)C(=O)[C@H](Cc1cscn1)NC(C)(C)C. The smallest absolute Gasteiger partial charge is 0.155 e. The summed E-state index contributed by atoms with van der Waals surface area (Å²) in [6.45, 7) is 12.4. The number of carbonyl (C=O) groups excluding carboxylic acids is 1. The highest BCUT2D eigenvalue weighted by molar-refractivity contribution is 7.07. The van der Waals surface area contributed by atoms with E-state index in [0.717, 1.165) is 12.1 Å². The maximum Gasteiger partial charge on any atom is 0.155 e. The van der Waals surface area contributed by atoms with Crippen molar-refractivity contribution >= 4 is 17.1 Å². The molecule has 1 atom stereocenters. The molecule has 1 rings (SSSR count). The molecular formula is C15H26N2OS. The second kappa shape index (κ2) is 6.14. The maximum atomic E-state index is 12.7. The van der Waals surface area contributed by atoms with Gasteiger partial charge in [0.05, 0.1) is 17.2 Å². The van der Waals surface area contributed by atoms with Crippen LogP contribution in [0, 0.1) is 5.41 Å². The van der Waals surface area contributed by atoms with Gasteiger partial charge in [-0.3, -0.25) is 4.79 Å². The molecule has 1 heterocycles. The number of rotatable bonds is 6. The number of hydrogen-bond acceptors (Lipinski definition) is 4. The van der Waals surface area contributed by atoms with Crippen LogP contribution < -0.4 is 5.32 Å². The number of nitrogens with zero attached hydrogens (tertiary/aromatic N) is 1. The second-order valence-electron chi connectivity index (χ2n) is 6.73.